The molecule has 0 radical (unpaired) electrons. The number of hydrogen-bond donors (Lipinski definition) is 1. The molecule has 0 spiro atoms. The Morgan fingerprint density at radius 2 is 1.81 bits per heavy atom. The molecule has 0 aliphatic carbocycles. The molecular weight excluding hydrogens is 448 g/mol. The maximum Gasteiger partial charge on any atom is 0.344 e. The number of thiophene rings is 2. The van der Waals surface area contributed by atoms with E-state index in [2.05, 4.69) is 4.98 Å². The van der Waals surface area contributed by atoms with E-state index in [0.717, 1.165) is 16.8 Å². The molecule has 32 heavy (non-hydrogen) atoms. The van der Waals surface area contributed by atoms with Crippen LogP contribution in [0.5, 0.6) is 5.75 Å². The lowest BCUT2D eigenvalue weighted by Crippen LogP contribution is -2.22. The van der Waals surface area contributed by atoms with E-state index >= 15 is 0 Å². The molecule has 4 aromatic heterocycles. The maximum atomic E-state index is 11.1. The molecular formula is C23H16N2O5S2. The minimum absolute atomic E-state index is 0.335. The van der Waals surface area contributed by atoms with Gasteiger partial charge in [-0.05, 0) is 41.9 Å². The monoisotopic (exact) mass is 464 g/mol. The van der Waals surface area contributed by atoms with E-state index in [0.29, 0.717) is 34.4 Å². The van der Waals surface area contributed by atoms with E-state index in [9.17, 15) is 4.79 Å². The largest absolute Gasteiger partial charge is 0.479 e. The minimum atomic E-state index is -1.04. The van der Waals surface area contributed by atoms with E-state index < -0.39 is 12.1 Å². The summed E-state index contributed by atoms with van der Waals surface area (Å²) in [5.41, 5.74) is 3.76. The average molecular weight is 465 g/mol. The predicted octanol–water partition coefficient (Wildman–Crippen LogP) is 6.31. The molecule has 0 aliphatic heterocycles. The Kier molecular flexibility index (Phi) is 5.34. The molecule has 160 valence electrons. The molecule has 1 aromatic carbocycles. The second-order valence-electron chi connectivity index (χ2n) is 6.88. The van der Waals surface area contributed by atoms with Crippen LogP contribution in [0.2, 0.25) is 0 Å². The molecule has 7 nitrogen and oxygen atoms in total. The van der Waals surface area contributed by atoms with Gasteiger partial charge in [0.05, 0.1) is 0 Å². The number of nitrogens with zero attached hydrogens (tertiary/aromatic N) is 2. The van der Waals surface area contributed by atoms with Gasteiger partial charge in [0.15, 0.2) is 29.7 Å². The Morgan fingerprint density at radius 1 is 1.03 bits per heavy atom. The van der Waals surface area contributed by atoms with Crippen molar-refractivity contribution in [3.05, 3.63) is 64.3 Å². The van der Waals surface area contributed by atoms with Crippen molar-refractivity contribution >= 4 is 28.6 Å². The van der Waals surface area contributed by atoms with Gasteiger partial charge >= 0.3 is 5.97 Å². The zero-order valence-corrected chi connectivity index (χ0v) is 18.4. The van der Waals surface area contributed by atoms with Gasteiger partial charge < -0.3 is 18.7 Å². The standard InChI is InChI=1S/C23H16N2O5S2/c1-13(23(26)27)29-17-4-2-3-14(9-17)20-19(24-12-28-20)22-25-18(15-5-7-31-10-15)21(30-22)16-6-8-32-11-16/h2-13H,1H3,(H,26,27). The molecule has 0 aliphatic rings. The molecule has 0 saturated carbocycles. The third-order valence-corrected chi connectivity index (χ3v) is 6.10. The molecule has 0 amide bonds. The molecule has 0 bridgehead atoms. The highest BCUT2D eigenvalue weighted by molar-refractivity contribution is 7.08. The van der Waals surface area contributed by atoms with Crippen LogP contribution < -0.4 is 4.74 Å². The SMILES string of the molecule is CC(Oc1cccc(-c2ocnc2-c2nc(-c3ccsc3)c(-c3ccsc3)o2)c1)C(=O)O. The van der Waals surface area contributed by atoms with E-state index in [-0.39, 0.29) is 0 Å². The normalized spacial score (nSPS) is 12.0. The number of carboxylic acid groups (broad SMARTS) is 1. The number of oxazole rings is 2. The molecule has 5 rings (SSSR count). The summed E-state index contributed by atoms with van der Waals surface area (Å²) in [6.07, 6.45) is 0.351. The third-order valence-electron chi connectivity index (χ3n) is 4.73. The Labute approximate surface area is 190 Å². The van der Waals surface area contributed by atoms with E-state index in [1.165, 1.54) is 13.3 Å². The van der Waals surface area contributed by atoms with Crippen LogP contribution in [0.25, 0.3) is 45.5 Å². The van der Waals surface area contributed by atoms with Crippen molar-refractivity contribution < 1.29 is 23.5 Å². The van der Waals surface area contributed by atoms with Crippen molar-refractivity contribution in [2.24, 2.45) is 0 Å². The first-order valence-electron chi connectivity index (χ1n) is 9.60. The summed E-state index contributed by atoms with van der Waals surface area (Å²) in [7, 11) is 0. The number of ether oxygens (including phenoxy) is 1. The maximum absolute atomic E-state index is 11.1. The molecule has 5 aromatic rings. The van der Waals surface area contributed by atoms with Crippen LogP contribution in [-0.2, 0) is 4.79 Å². The lowest BCUT2D eigenvalue weighted by atomic mass is 10.1. The first-order valence-corrected chi connectivity index (χ1v) is 11.5. The van der Waals surface area contributed by atoms with Crippen molar-refractivity contribution in [3.63, 3.8) is 0 Å². The van der Waals surface area contributed by atoms with Crippen LogP contribution in [0.15, 0.2) is 73.1 Å². The molecule has 1 atom stereocenters. The number of aromatic nitrogens is 2. The first kappa shape index (κ1) is 20.2. The minimum Gasteiger partial charge on any atom is -0.479 e. The summed E-state index contributed by atoms with van der Waals surface area (Å²) in [4.78, 5) is 20.2. The number of benzene rings is 1. The fourth-order valence-electron chi connectivity index (χ4n) is 3.17. The number of hydrogen-bond acceptors (Lipinski definition) is 8. The van der Waals surface area contributed by atoms with Crippen LogP contribution in [-0.4, -0.2) is 27.1 Å². The highest BCUT2D eigenvalue weighted by Crippen LogP contribution is 2.40. The molecule has 9 heteroatoms. The Bertz CT molecular complexity index is 1300. The number of carbonyl (C=O) groups is 1. The Morgan fingerprint density at radius 3 is 2.53 bits per heavy atom. The second kappa shape index (κ2) is 8.45. The molecule has 1 unspecified atom stereocenters. The van der Waals surface area contributed by atoms with Gasteiger partial charge in [-0.15, -0.1) is 0 Å². The van der Waals surface area contributed by atoms with Gasteiger partial charge in [0, 0.05) is 27.5 Å². The third kappa shape index (κ3) is 3.83. The summed E-state index contributed by atoms with van der Waals surface area (Å²) in [5.74, 6) is 0.818. The highest BCUT2D eigenvalue weighted by Gasteiger charge is 2.24. The summed E-state index contributed by atoms with van der Waals surface area (Å²) >= 11 is 3.17. The predicted molar refractivity (Wildman–Crippen MR) is 122 cm³/mol. The summed E-state index contributed by atoms with van der Waals surface area (Å²) in [5, 5.41) is 17.1. The summed E-state index contributed by atoms with van der Waals surface area (Å²) < 4.78 is 17.3. The molecule has 0 fully saturated rings. The average Bonchev–Trinajstić information content (AvgIpc) is 3.59. The van der Waals surface area contributed by atoms with Gasteiger partial charge in [0.25, 0.3) is 0 Å². The molecule has 4 heterocycles. The quantitative estimate of drug-likeness (QED) is 0.301. The lowest BCUT2D eigenvalue weighted by molar-refractivity contribution is -0.144. The zero-order chi connectivity index (χ0) is 22.1. The van der Waals surface area contributed by atoms with Gasteiger partial charge in [-0.1, -0.05) is 12.1 Å². The van der Waals surface area contributed by atoms with Gasteiger partial charge in [-0.3, -0.25) is 0 Å². The van der Waals surface area contributed by atoms with Crippen LogP contribution in [0.3, 0.4) is 0 Å². The van der Waals surface area contributed by atoms with Crippen molar-refractivity contribution in [2.75, 3.05) is 0 Å². The first-order chi connectivity index (χ1) is 15.6. The number of aliphatic carboxylic acids is 1. The van der Waals surface area contributed by atoms with Gasteiger partial charge in [-0.2, -0.15) is 22.7 Å². The summed E-state index contributed by atoms with van der Waals surface area (Å²) in [6.45, 7) is 1.47. The highest BCUT2D eigenvalue weighted by atomic mass is 32.1. The summed E-state index contributed by atoms with van der Waals surface area (Å²) in [6, 6.07) is 11.0. The Hall–Kier alpha value is -3.69. The van der Waals surface area contributed by atoms with Crippen LogP contribution >= 0.6 is 22.7 Å². The fraction of sp³-hybridized carbons (Fsp3) is 0.0870. The van der Waals surface area contributed by atoms with Gasteiger partial charge in [0.2, 0.25) is 5.89 Å². The van der Waals surface area contributed by atoms with Crippen molar-refractivity contribution in [2.45, 2.75) is 13.0 Å². The van der Waals surface area contributed by atoms with Crippen LogP contribution in [0.1, 0.15) is 6.92 Å². The topological polar surface area (TPSA) is 98.6 Å². The molecule has 1 N–H and O–H groups in total. The number of rotatable bonds is 7. The van der Waals surface area contributed by atoms with Gasteiger partial charge in [0.1, 0.15) is 11.4 Å². The Balaban J connectivity index is 1.56. The smallest absolute Gasteiger partial charge is 0.344 e. The van der Waals surface area contributed by atoms with E-state index in [4.69, 9.17) is 23.7 Å². The second-order valence-corrected chi connectivity index (χ2v) is 8.44. The lowest BCUT2D eigenvalue weighted by Gasteiger charge is -2.10. The van der Waals surface area contributed by atoms with Crippen LogP contribution in [0.4, 0.5) is 0 Å². The van der Waals surface area contributed by atoms with Gasteiger partial charge in [-0.25, -0.2) is 14.8 Å². The van der Waals surface area contributed by atoms with Crippen LogP contribution in [0, 0.1) is 0 Å². The number of carboxylic acids is 1. The van der Waals surface area contributed by atoms with E-state index in [1.54, 1.807) is 40.9 Å². The zero-order valence-electron chi connectivity index (χ0n) is 16.7. The van der Waals surface area contributed by atoms with Crippen molar-refractivity contribution in [1.82, 2.24) is 9.97 Å². The van der Waals surface area contributed by atoms with Crippen molar-refractivity contribution in [1.29, 1.82) is 0 Å². The molecule has 0 saturated heterocycles. The van der Waals surface area contributed by atoms with E-state index in [1.807, 2.05) is 39.7 Å². The fourth-order valence-corrected chi connectivity index (χ4v) is 4.45. The van der Waals surface area contributed by atoms with Crippen molar-refractivity contribution in [3.8, 4) is 51.2 Å².